The quantitative estimate of drug-likeness (QED) is 0.277. The molecule has 0 spiro atoms. The van der Waals surface area contributed by atoms with Gasteiger partial charge < -0.3 is 4.90 Å². The number of anilines is 1. The van der Waals surface area contributed by atoms with Gasteiger partial charge in [-0.2, -0.15) is 5.10 Å². The molecule has 0 aliphatic carbocycles. The first-order chi connectivity index (χ1) is 17.0. The van der Waals surface area contributed by atoms with Crippen LogP contribution >= 0.6 is 0 Å². The molecular formula is C30H34N4O. The molecule has 0 saturated heterocycles. The van der Waals surface area contributed by atoms with Crippen molar-refractivity contribution in [2.45, 2.75) is 26.9 Å². The van der Waals surface area contributed by atoms with Crippen LogP contribution in [0.5, 0.6) is 0 Å². The van der Waals surface area contributed by atoms with E-state index < -0.39 is 0 Å². The van der Waals surface area contributed by atoms with E-state index in [-0.39, 0.29) is 5.78 Å². The van der Waals surface area contributed by atoms with Crippen molar-refractivity contribution in [2.75, 3.05) is 24.5 Å². The van der Waals surface area contributed by atoms with E-state index in [9.17, 15) is 4.79 Å². The van der Waals surface area contributed by atoms with Crippen LogP contribution in [0.4, 0.5) is 5.69 Å². The molecule has 35 heavy (non-hydrogen) atoms. The van der Waals surface area contributed by atoms with E-state index in [1.807, 2.05) is 54.2 Å². The molecule has 0 N–H and O–H groups in total. The zero-order chi connectivity index (χ0) is 24.6. The Morgan fingerprint density at radius 3 is 1.86 bits per heavy atom. The molecule has 0 unspecified atom stereocenters. The van der Waals surface area contributed by atoms with Crippen molar-refractivity contribution in [2.24, 2.45) is 7.05 Å². The Hall–Kier alpha value is -3.70. The van der Waals surface area contributed by atoms with Gasteiger partial charge in [0, 0.05) is 38.8 Å². The van der Waals surface area contributed by atoms with Crippen LogP contribution in [-0.4, -0.2) is 40.1 Å². The molecule has 0 radical (unpaired) electrons. The summed E-state index contributed by atoms with van der Waals surface area (Å²) in [7, 11) is 1.99. The SMILES string of the molecule is Cc1nn(C)c(C)c1N(CCN(CC(=O)c1ccccc1)Cc1ccccc1)Cc1ccccc1. The first-order valence-corrected chi connectivity index (χ1v) is 12.1. The van der Waals surface area contributed by atoms with Gasteiger partial charge in [-0.05, 0) is 25.0 Å². The monoisotopic (exact) mass is 466 g/mol. The normalized spacial score (nSPS) is 11.1. The van der Waals surface area contributed by atoms with Crippen molar-refractivity contribution in [1.29, 1.82) is 0 Å². The van der Waals surface area contributed by atoms with Gasteiger partial charge >= 0.3 is 0 Å². The van der Waals surface area contributed by atoms with Crippen molar-refractivity contribution in [1.82, 2.24) is 14.7 Å². The first kappa shape index (κ1) is 24.4. The number of hydrogen-bond acceptors (Lipinski definition) is 4. The predicted molar refractivity (Wildman–Crippen MR) is 143 cm³/mol. The molecule has 5 heteroatoms. The van der Waals surface area contributed by atoms with Crippen LogP contribution in [0.2, 0.25) is 0 Å². The number of ketones is 1. The minimum absolute atomic E-state index is 0.143. The number of rotatable bonds is 11. The molecule has 0 bridgehead atoms. The fourth-order valence-electron chi connectivity index (χ4n) is 4.53. The molecule has 4 aromatic rings. The molecule has 0 amide bonds. The van der Waals surface area contributed by atoms with Crippen LogP contribution in [0.15, 0.2) is 91.0 Å². The molecule has 0 aliphatic rings. The smallest absolute Gasteiger partial charge is 0.176 e. The van der Waals surface area contributed by atoms with E-state index >= 15 is 0 Å². The number of Topliss-reactive ketones (excluding diaryl/α,β-unsaturated/α-hetero) is 1. The lowest BCUT2D eigenvalue weighted by molar-refractivity contribution is 0.0927. The molecule has 0 saturated carbocycles. The minimum atomic E-state index is 0.143. The van der Waals surface area contributed by atoms with Gasteiger partial charge in [0.1, 0.15) is 0 Å². The Morgan fingerprint density at radius 2 is 1.31 bits per heavy atom. The lowest BCUT2D eigenvalue weighted by Crippen LogP contribution is -2.38. The van der Waals surface area contributed by atoms with Gasteiger partial charge in [-0.15, -0.1) is 0 Å². The Balaban J connectivity index is 1.56. The summed E-state index contributed by atoms with van der Waals surface area (Å²) in [6.07, 6.45) is 0. The molecule has 1 aromatic heterocycles. The summed E-state index contributed by atoms with van der Waals surface area (Å²) < 4.78 is 1.95. The number of benzene rings is 3. The summed E-state index contributed by atoms with van der Waals surface area (Å²) >= 11 is 0. The van der Waals surface area contributed by atoms with Gasteiger partial charge in [0.2, 0.25) is 0 Å². The predicted octanol–water partition coefficient (Wildman–Crippen LogP) is 5.43. The largest absolute Gasteiger partial charge is 0.363 e. The van der Waals surface area contributed by atoms with Gasteiger partial charge in [-0.3, -0.25) is 14.4 Å². The lowest BCUT2D eigenvalue weighted by Gasteiger charge is -2.29. The highest BCUT2D eigenvalue weighted by molar-refractivity contribution is 5.97. The van der Waals surface area contributed by atoms with Crippen molar-refractivity contribution in [3.05, 3.63) is 119 Å². The van der Waals surface area contributed by atoms with Gasteiger partial charge in [0.05, 0.1) is 23.6 Å². The summed E-state index contributed by atoms with van der Waals surface area (Å²) in [6.45, 7) is 7.63. The molecule has 1 heterocycles. The molecule has 0 fully saturated rings. The molecule has 0 atom stereocenters. The van der Waals surface area contributed by atoms with Gasteiger partial charge in [0.15, 0.2) is 5.78 Å². The maximum Gasteiger partial charge on any atom is 0.176 e. The van der Waals surface area contributed by atoms with Crippen molar-refractivity contribution >= 4 is 11.5 Å². The zero-order valence-electron chi connectivity index (χ0n) is 20.9. The second-order valence-electron chi connectivity index (χ2n) is 9.04. The number of hydrogen-bond donors (Lipinski definition) is 0. The Kier molecular flexibility index (Phi) is 8.11. The molecule has 3 aromatic carbocycles. The fraction of sp³-hybridized carbons (Fsp3) is 0.267. The van der Waals surface area contributed by atoms with E-state index in [1.165, 1.54) is 16.8 Å². The van der Waals surface area contributed by atoms with Crippen LogP contribution in [-0.2, 0) is 20.1 Å². The second-order valence-corrected chi connectivity index (χ2v) is 9.04. The minimum Gasteiger partial charge on any atom is -0.363 e. The van der Waals surface area contributed by atoms with Crippen molar-refractivity contribution in [3.63, 3.8) is 0 Å². The highest BCUT2D eigenvalue weighted by atomic mass is 16.1. The van der Waals surface area contributed by atoms with E-state index in [0.717, 1.165) is 43.1 Å². The number of carbonyl (C=O) groups is 1. The average molecular weight is 467 g/mol. The second kappa shape index (κ2) is 11.6. The zero-order valence-corrected chi connectivity index (χ0v) is 20.9. The Bertz CT molecular complexity index is 1220. The maximum absolute atomic E-state index is 13.1. The van der Waals surface area contributed by atoms with Crippen LogP contribution in [0, 0.1) is 13.8 Å². The molecule has 180 valence electrons. The first-order valence-electron chi connectivity index (χ1n) is 12.1. The molecule has 5 nitrogen and oxygen atoms in total. The number of nitrogens with zero attached hydrogens (tertiary/aromatic N) is 4. The maximum atomic E-state index is 13.1. The molecule has 0 aliphatic heterocycles. The van der Waals surface area contributed by atoms with Crippen LogP contribution in [0.3, 0.4) is 0 Å². The van der Waals surface area contributed by atoms with Crippen LogP contribution in [0.25, 0.3) is 0 Å². The van der Waals surface area contributed by atoms with E-state index in [0.29, 0.717) is 6.54 Å². The summed E-state index contributed by atoms with van der Waals surface area (Å²) in [5.41, 5.74) is 6.56. The van der Waals surface area contributed by atoms with Gasteiger partial charge in [-0.25, -0.2) is 0 Å². The lowest BCUT2D eigenvalue weighted by atomic mass is 10.1. The van der Waals surface area contributed by atoms with Gasteiger partial charge in [-0.1, -0.05) is 91.0 Å². The van der Waals surface area contributed by atoms with E-state index in [2.05, 4.69) is 77.3 Å². The number of aryl methyl sites for hydroxylation is 2. The summed E-state index contributed by atoms with van der Waals surface area (Å²) in [5, 5.41) is 4.66. The van der Waals surface area contributed by atoms with Crippen molar-refractivity contribution in [3.8, 4) is 0 Å². The molecular weight excluding hydrogens is 432 g/mol. The highest BCUT2D eigenvalue weighted by Gasteiger charge is 2.20. The van der Waals surface area contributed by atoms with E-state index in [1.54, 1.807) is 0 Å². The van der Waals surface area contributed by atoms with E-state index in [4.69, 9.17) is 0 Å². The number of carbonyl (C=O) groups excluding carboxylic acids is 1. The molecule has 4 rings (SSSR count). The Morgan fingerprint density at radius 1 is 0.771 bits per heavy atom. The average Bonchev–Trinajstić information content (AvgIpc) is 3.14. The van der Waals surface area contributed by atoms with Crippen LogP contribution in [0.1, 0.15) is 32.9 Å². The van der Waals surface area contributed by atoms with Gasteiger partial charge in [0.25, 0.3) is 0 Å². The van der Waals surface area contributed by atoms with Crippen LogP contribution < -0.4 is 4.90 Å². The highest BCUT2D eigenvalue weighted by Crippen LogP contribution is 2.25. The third-order valence-electron chi connectivity index (χ3n) is 6.40. The summed E-state index contributed by atoms with van der Waals surface area (Å²) in [4.78, 5) is 17.7. The Labute approximate surface area is 208 Å². The topological polar surface area (TPSA) is 41.4 Å². The summed E-state index contributed by atoms with van der Waals surface area (Å²) in [5.74, 6) is 0.143. The fourth-order valence-corrected chi connectivity index (χ4v) is 4.53. The standard InChI is InChI=1S/C30H34N4O/c1-24-30(25(2)32(3)31-24)34(22-27-15-9-5-10-16-27)20-19-33(21-26-13-7-4-8-14-26)23-29(35)28-17-11-6-12-18-28/h4-18H,19-23H2,1-3H3. The summed E-state index contributed by atoms with van der Waals surface area (Å²) in [6, 6.07) is 30.5. The number of aromatic nitrogens is 2. The third-order valence-corrected chi connectivity index (χ3v) is 6.40. The third kappa shape index (κ3) is 6.46. The van der Waals surface area contributed by atoms with Crippen molar-refractivity contribution < 1.29 is 4.79 Å².